The Bertz CT molecular complexity index is 322. The number of ether oxygens (including phenoxy) is 1. The van der Waals surface area contributed by atoms with Gasteiger partial charge in [0.15, 0.2) is 0 Å². The summed E-state index contributed by atoms with van der Waals surface area (Å²) in [7, 11) is 0. The standard InChI is InChI=1S/C17H35N3O2/c1-13(2)18-17(21)12-19-10-15(5)20(16(6)11-19)8-7-9-22-14(3)4/h13-16H,7-12H2,1-6H3,(H,18,21)/t15-,16+. The fourth-order valence-corrected chi connectivity index (χ4v) is 3.17. The SMILES string of the molecule is CC(C)NC(=O)CN1C[C@@H](C)N(CCCOC(C)C)[C@@H](C)C1. The minimum Gasteiger partial charge on any atom is -0.379 e. The van der Waals surface area contributed by atoms with Crippen LogP contribution in [0.4, 0.5) is 0 Å². The van der Waals surface area contributed by atoms with Crippen molar-refractivity contribution in [2.45, 2.75) is 72.2 Å². The van der Waals surface area contributed by atoms with Gasteiger partial charge in [0.2, 0.25) is 5.91 Å². The highest BCUT2D eigenvalue weighted by atomic mass is 16.5. The zero-order valence-corrected chi connectivity index (χ0v) is 15.3. The molecule has 0 saturated carbocycles. The number of amides is 1. The zero-order chi connectivity index (χ0) is 16.7. The van der Waals surface area contributed by atoms with Crippen LogP contribution in [0.15, 0.2) is 0 Å². The topological polar surface area (TPSA) is 44.8 Å². The number of rotatable bonds is 8. The minimum atomic E-state index is 0.133. The molecule has 1 fully saturated rings. The molecule has 130 valence electrons. The second-order valence-corrected chi connectivity index (χ2v) is 7.13. The molecule has 22 heavy (non-hydrogen) atoms. The third-order valence-corrected chi connectivity index (χ3v) is 4.01. The molecule has 0 aromatic rings. The molecule has 1 aliphatic rings. The van der Waals surface area contributed by atoms with Crippen molar-refractivity contribution in [2.24, 2.45) is 0 Å². The quantitative estimate of drug-likeness (QED) is 0.693. The molecule has 0 aliphatic carbocycles. The Kier molecular flexibility index (Phi) is 8.36. The van der Waals surface area contributed by atoms with Crippen molar-refractivity contribution in [3.8, 4) is 0 Å². The van der Waals surface area contributed by atoms with Crippen molar-refractivity contribution in [3.05, 3.63) is 0 Å². The minimum absolute atomic E-state index is 0.133. The van der Waals surface area contributed by atoms with Gasteiger partial charge in [0, 0.05) is 44.4 Å². The lowest BCUT2D eigenvalue weighted by Gasteiger charge is -2.44. The molecule has 0 aromatic carbocycles. The number of hydrogen-bond donors (Lipinski definition) is 1. The summed E-state index contributed by atoms with van der Waals surface area (Å²) in [6, 6.07) is 1.17. The van der Waals surface area contributed by atoms with Gasteiger partial charge in [-0.2, -0.15) is 0 Å². The molecule has 1 saturated heterocycles. The third kappa shape index (κ3) is 7.07. The van der Waals surface area contributed by atoms with Crippen molar-refractivity contribution >= 4 is 5.91 Å². The van der Waals surface area contributed by atoms with Crippen LogP contribution < -0.4 is 5.32 Å². The van der Waals surface area contributed by atoms with Crippen molar-refractivity contribution < 1.29 is 9.53 Å². The van der Waals surface area contributed by atoms with Crippen molar-refractivity contribution in [3.63, 3.8) is 0 Å². The average molecular weight is 313 g/mol. The van der Waals surface area contributed by atoms with E-state index in [9.17, 15) is 4.79 Å². The van der Waals surface area contributed by atoms with E-state index < -0.39 is 0 Å². The number of nitrogens with zero attached hydrogens (tertiary/aromatic N) is 2. The van der Waals surface area contributed by atoms with Crippen molar-refractivity contribution in [1.82, 2.24) is 15.1 Å². The lowest BCUT2D eigenvalue weighted by molar-refractivity contribution is -0.123. The highest BCUT2D eigenvalue weighted by Gasteiger charge is 2.29. The molecular weight excluding hydrogens is 278 g/mol. The van der Waals surface area contributed by atoms with Crippen LogP contribution in [0.1, 0.15) is 48.0 Å². The molecule has 2 atom stereocenters. The van der Waals surface area contributed by atoms with Crippen LogP contribution in [0.25, 0.3) is 0 Å². The number of carbonyl (C=O) groups excluding carboxylic acids is 1. The molecule has 0 bridgehead atoms. The monoisotopic (exact) mass is 313 g/mol. The lowest BCUT2D eigenvalue weighted by Crippen LogP contribution is -2.58. The molecule has 0 radical (unpaired) electrons. The molecule has 5 nitrogen and oxygen atoms in total. The van der Waals surface area contributed by atoms with Crippen LogP contribution in [0.3, 0.4) is 0 Å². The van der Waals surface area contributed by atoms with E-state index in [1.54, 1.807) is 0 Å². The van der Waals surface area contributed by atoms with Crippen LogP contribution in [0, 0.1) is 0 Å². The van der Waals surface area contributed by atoms with E-state index in [0.29, 0.717) is 24.7 Å². The maximum atomic E-state index is 11.9. The number of hydrogen-bond acceptors (Lipinski definition) is 4. The van der Waals surface area contributed by atoms with E-state index in [4.69, 9.17) is 4.74 Å². The van der Waals surface area contributed by atoms with E-state index in [1.807, 2.05) is 13.8 Å². The summed E-state index contributed by atoms with van der Waals surface area (Å²) in [6.07, 6.45) is 1.38. The molecule has 0 spiro atoms. The number of nitrogens with one attached hydrogen (secondary N) is 1. The van der Waals surface area contributed by atoms with Crippen LogP contribution in [-0.2, 0) is 9.53 Å². The number of piperazine rings is 1. The van der Waals surface area contributed by atoms with Crippen LogP contribution in [0.5, 0.6) is 0 Å². The molecular formula is C17H35N3O2. The predicted molar refractivity (Wildman–Crippen MR) is 91.1 cm³/mol. The molecule has 1 amide bonds. The van der Waals surface area contributed by atoms with Gasteiger partial charge in [0.05, 0.1) is 12.6 Å². The zero-order valence-electron chi connectivity index (χ0n) is 15.3. The Morgan fingerprint density at radius 1 is 1.18 bits per heavy atom. The molecule has 1 heterocycles. The van der Waals surface area contributed by atoms with Crippen LogP contribution >= 0.6 is 0 Å². The fourth-order valence-electron chi connectivity index (χ4n) is 3.17. The summed E-state index contributed by atoms with van der Waals surface area (Å²) < 4.78 is 5.62. The normalized spacial score (nSPS) is 24.2. The Morgan fingerprint density at radius 2 is 1.77 bits per heavy atom. The second kappa shape index (κ2) is 9.48. The first kappa shape index (κ1) is 19.4. The average Bonchev–Trinajstić information content (AvgIpc) is 2.35. The Hall–Kier alpha value is -0.650. The summed E-state index contributed by atoms with van der Waals surface area (Å²) in [6.45, 7) is 17.0. The highest BCUT2D eigenvalue weighted by molar-refractivity contribution is 5.78. The molecule has 1 rings (SSSR count). The summed E-state index contributed by atoms with van der Waals surface area (Å²) in [4.78, 5) is 16.7. The van der Waals surface area contributed by atoms with E-state index in [1.165, 1.54) is 0 Å². The summed E-state index contributed by atoms with van der Waals surface area (Å²) in [5.41, 5.74) is 0. The first-order valence-electron chi connectivity index (χ1n) is 8.68. The van der Waals surface area contributed by atoms with Crippen LogP contribution in [-0.4, -0.2) is 72.7 Å². The summed E-state index contributed by atoms with van der Waals surface area (Å²) >= 11 is 0. The number of carbonyl (C=O) groups is 1. The first-order chi connectivity index (χ1) is 10.3. The maximum Gasteiger partial charge on any atom is 0.234 e. The van der Waals surface area contributed by atoms with Gasteiger partial charge in [-0.15, -0.1) is 0 Å². The second-order valence-electron chi connectivity index (χ2n) is 7.13. The van der Waals surface area contributed by atoms with E-state index in [-0.39, 0.29) is 11.9 Å². The van der Waals surface area contributed by atoms with E-state index in [0.717, 1.165) is 32.7 Å². The lowest BCUT2D eigenvalue weighted by atomic mass is 10.1. The van der Waals surface area contributed by atoms with Crippen molar-refractivity contribution in [1.29, 1.82) is 0 Å². The largest absolute Gasteiger partial charge is 0.379 e. The molecule has 5 heteroatoms. The maximum absolute atomic E-state index is 11.9. The van der Waals surface area contributed by atoms with Gasteiger partial charge in [-0.3, -0.25) is 14.6 Å². The van der Waals surface area contributed by atoms with Gasteiger partial charge < -0.3 is 10.1 Å². The van der Waals surface area contributed by atoms with Gasteiger partial charge in [0.1, 0.15) is 0 Å². The first-order valence-corrected chi connectivity index (χ1v) is 8.68. The molecule has 0 aromatic heterocycles. The van der Waals surface area contributed by atoms with E-state index in [2.05, 4.69) is 42.8 Å². The van der Waals surface area contributed by atoms with E-state index >= 15 is 0 Å². The Labute approximate surface area is 136 Å². The smallest absolute Gasteiger partial charge is 0.234 e. The third-order valence-electron chi connectivity index (χ3n) is 4.01. The summed E-state index contributed by atoms with van der Waals surface area (Å²) in [5, 5.41) is 2.97. The van der Waals surface area contributed by atoms with Gasteiger partial charge in [-0.1, -0.05) is 0 Å². The predicted octanol–water partition coefficient (Wildman–Crippen LogP) is 1.72. The molecule has 1 N–H and O–H groups in total. The molecule has 0 unspecified atom stereocenters. The highest BCUT2D eigenvalue weighted by Crippen LogP contribution is 2.16. The molecule has 1 aliphatic heterocycles. The Morgan fingerprint density at radius 3 is 2.27 bits per heavy atom. The Balaban J connectivity index is 2.35. The van der Waals surface area contributed by atoms with Crippen molar-refractivity contribution in [2.75, 3.05) is 32.8 Å². The van der Waals surface area contributed by atoms with Crippen LogP contribution in [0.2, 0.25) is 0 Å². The van der Waals surface area contributed by atoms with Gasteiger partial charge in [-0.25, -0.2) is 0 Å². The van der Waals surface area contributed by atoms with Gasteiger partial charge in [-0.05, 0) is 48.0 Å². The van der Waals surface area contributed by atoms with Gasteiger partial charge in [0.25, 0.3) is 0 Å². The summed E-state index contributed by atoms with van der Waals surface area (Å²) in [5.74, 6) is 0.133. The van der Waals surface area contributed by atoms with Gasteiger partial charge >= 0.3 is 0 Å². The fraction of sp³-hybridized carbons (Fsp3) is 0.941.